The van der Waals surface area contributed by atoms with E-state index in [-0.39, 0.29) is 4.90 Å². The van der Waals surface area contributed by atoms with Gasteiger partial charge in [0.15, 0.2) is 0 Å². The lowest BCUT2D eigenvalue weighted by Gasteiger charge is -2.09. The molecule has 0 aliphatic carbocycles. The van der Waals surface area contributed by atoms with Crippen LogP contribution in [0, 0.1) is 6.92 Å². The first-order chi connectivity index (χ1) is 9.88. The van der Waals surface area contributed by atoms with E-state index in [0.29, 0.717) is 18.5 Å². The first-order valence-electron chi connectivity index (χ1n) is 6.57. The third kappa shape index (κ3) is 4.34. The molecule has 1 unspecified atom stereocenters. The van der Waals surface area contributed by atoms with E-state index in [9.17, 15) is 13.5 Å². The Morgan fingerprint density at radius 3 is 2.81 bits per heavy atom. The van der Waals surface area contributed by atoms with E-state index >= 15 is 0 Å². The van der Waals surface area contributed by atoms with Gasteiger partial charge in [-0.05, 0) is 31.5 Å². The molecule has 0 aliphatic heterocycles. The van der Waals surface area contributed by atoms with Crippen LogP contribution in [0.15, 0.2) is 34.5 Å². The average Bonchev–Trinajstić information content (AvgIpc) is 2.84. The van der Waals surface area contributed by atoms with Crippen LogP contribution in [0.4, 0.5) is 0 Å². The maximum Gasteiger partial charge on any atom is 0.240 e. The van der Waals surface area contributed by atoms with Gasteiger partial charge in [0.2, 0.25) is 10.0 Å². The average molecular weight is 326 g/mol. The molecule has 2 aromatic rings. The largest absolute Gasteiger partial charge is 0.389 e. The predicted molar refractivity (Wildman–Crippen MR) is 82.8 cm³/mol. The molecule has 0 saturated heterocycles. The molecule has 0 fully saturated rings. The number of sulfonamides is 1. The van der Waals surface area contributed by atoms with Gasteiger partial charge in [-0.2, -0.15) is 0 Å². The summed E-state index contributed by atoms with van der Waals surface area (Å²) in [4.78, 5) is 4.45. The van der Waals surface area contributed by atoms with Crippen molar-refractivity contribution in [3.05, 3.63) is 45.9 Å². The fourth-order valence-corrected chi connectivity index (χ4v) is 3.59. The van der Waals surface area contributed by atoms with Gasteiger partial charge >= 0.3 is 0 Å². The Morgan fingerprint density at radius 2 is 2.19 bits per heavy atom. The molecule has 0 saturated carbocycles. The molecule has 0 aliphatic rings. The monoisotopic (exact) mass is 326 g/mol. The summed E-state index contributed by atoms with van der Waals surface area (Å²) < 4.78 is 26.9. The Labute approximate surface area is 128 Å². The molecule has 1 heterocycles. The van der Waals surface area contributed by atoms with Gasteiger partial charge in [-0.25, -0.2) is 18.1 Å². The summed E-state index contributed by atoms with van der Waals surface area (Å²) in [7, 11) is -3.57. The van der Waals surface area contributed by atoms with Gasteiger partial charge in [-0.3, -0.25) is 0 Å². The van der Waals surface area contributed by atoms with Crippen molar-refractivity contribution < 1.29 is 13.5 Å². The molecule has 0 amide bonds. The molecule has 2 N–H and O–H groups in total. The highest BCUT2D eigenvalue weighted by Crippen LogP contribution is 2.17. The van der Waals surface area contributed by atoms with Crippen molar-refractivity contribution in [2.75, 3.05) is 6.54 Å². The van der Waals surface area contributed by atoms with Crippen molar-refractivity contribution in [1.29, 1.82) is 0 Å². The minimum absolute atomic E-state index is 0.162. The standard InChI is InChI=1S/C14H18N2O3S2/c1-10(17)12-4-3-5-14(8-12)21(18,19)15-7-6-13-9-20-11(2)16-13/h3-5,8-10,15,17H,6-7H2,1-2H3. The summed E-state index contributed by atoms with van der Waals surface area (Å²) in [6, 6.07) is 6.32. The third-order valence-electron chi connectivity index (χ3n) is 2.99. The van der Waals surface area contributed by atoms with Crippen molar-refractivity contribution in [2.24, 2.45) is 0 Å². The Bertz CT molecular complexity index is 709. The number of benzene rings is 1. The molecule has 114 valence electrons. The van der Waals surface area contributed by atoms with Gasteiger partial charge in [0.1, 0.15) is 0 Å². The Kier molecular flexibility index (Phi) is 5.10. The Balaban J connectivity index is 2.03. The molecule has 1 atom stereocenters. The summed E-state index contributed by atoms with van der Waals surface area (Å²) in [6.07, 6.45) is -0.141. The zero-order valence-electron chi connectivity index (χ0n) is 11.9. The second-order valence-corrected chi connectivity index (χ2v) is 7.58. The zero-order valence-corrected chi connectivity index (χ0v) is 13.5. The van der Waals surface area contributed by atoms with Gasteiger partial charge in [-0.15, -0.1) is 11.3 Å². The molecule has 5 nitrogen and oxygen atoms in total. The Morgan fingerprint density at radius 1 is 1.43 bits per heavy atom. The van der Waals surface area contributed by atoms with Gasteiger partial charge < -0.3 is 5.11 Å². The number of rotatable bonds is 6. The van der Waals surface area contributed by atoms with Gasteiger partial charge in [0.25, 0.3) is 0 Å². The van der Waals surface area contributed by atoms with Crippen LogP contribution < -0.4 is 4.72 Å². The molecule has 1 aromatic heterocycles. The van der Waals surface area contributed by atoms with Crippen LogP contribution >= 0.6 is 11.3 Å². The number of aliphatic hydroxyl groups excluding tert-OH is 1. The van der Waals surface area contributed by atoms with E-state index in [1.165, 1.54) is 12.1 Å². The fraction of sp³-hybridized carbons (Fsp3) is 0.357. The SMILES string of the molecule is Cc1nc(CCNS(=O)(=O)c2cccc(C(C)O)c2)cs1. The van der Waals surface area contributed by atoms with Crippen molar-refractivity contribution in [3.8, 4) is 0 Å². The molecule has 2 rings (SSSR count). The number of aliphatic hydroxyl groups is 1. The van der Waals surface area contributed by atoms with Crippen LogP contribution in [0.2, 0.25) is 0 Å². The quantitative estimate of drug-likeness (QED) is 0.851. The molecular weight excluding hydrogens is 308 g/mol. The first kappa shape index (κ1) is 16.1. The number of hydrogen-bond donors (Lipinski definition) is 2. The topological polar surface area (TPSA) is 79.3 Å². The number of nitrogens with zero attached hydrogens (tertiary/aromatic N) is 1. The van der Waals surface area contributed by atoms with Crippen LogP contribution in [0.5, 0.6) is 0 Å². The summed E-state index contributed by atoms with van der Waals surface area (Å²) in [5.74, 6) is 0. The van der Waals surface area contributed by atoms with Crippen molar-refractivity contribution >= 4 is 21.4 Å². The number of thiazole rings is 1. The molecule has 21 heavy (non-hydrogen) atoms. The number of hydrogen-bond acceptors (Lipinski definition) is 5. The van der Waals surface area contributed by atoms with E-state index in [0.717, 1.165) is 10.7 Å². The molecule has 0 radical (unpaired) electrons. The van der Waals surface area contributed by atoms with Crippen LogP contribution in [-0.4, -0.2) is 25.1 Å². The van der Waals surface area contributed by atoms with E-state index in [2.05, 4.69) is 9.71 Å². The lowest BCUT2D eigenvalue weighted by molar-refractivity contribution is 0.199. The summed E-state index contributed by atoms with van der Waals surface area (Å²) in [6.45, 7) is 3.81. The highest BCUT2D eigenvalue weighted by molar-refractivity contribution is 7.89. The van der Waals surface area contributed by atoms with Crippen LogP contribution in [0.1, 0.15) is 29.3 Å². The molecule has 0 spiro atoms. The predicted octanol–water partition coefficient (Wildman–Crippen LogP) is 2.03. The highest BCUT2D eigenvalue weighted by atomic mass is 32.2. The number of aromatic nitrogens is 1. The molecule has 7 heteroatoms. The van der Waals surface area contributed by atoms with Crippen molar-refractivity contribution in [2.45, 2.75) is 31.3 Å². The second kappa shape index (κ2) is 6.65. The van der Waals surface area contributed by atoms with Crippen LogP contribution in [0.3, 0.4) is 0 Å². The zero-order chi connectivity index (χ0) is 15.5. The van der Waals surface area contributed by atoms with Gasteiger partial charge in [0, 0.05) is 18.3 Å². The molecular formula is C14H18N2O3S2. The number of aryl methyl sites for hydroxylation is 1. The first-order valence-corrected chi connectivity index (χ1v) is 8.93. The lowest BCUT2D eigenvalue weighted by Crippen LogP contribution is -2.26. The highest BCUT2D eigenvalue weighted by Gasteiger charge is 2.15. The molecule has 1 aromatic carbocycles. The minimum atomic E-state index is -3.57. The molecule has 0 bridgehead atoms. The fourth-order valence-electron chi connectivity index (χ4n) is 1.86. The van der Waals surface area contributed by atoms with E-state index in [4.69, 9.17) is 0 Å². The van der Waals surface area contributed by atoms with E-state index < -0.39 is 16.1 Å². The minimum Gasteiger partial charge on any atom is -0.389 e. The summed E-state index contributed by atoms with van der Waals surface area (Å²) in [5, 5.41) is 12.4. The Hall–Kier alpha value is -1.28. The summed E-state index contributed by atoms with van der Waals surface area (Å²) >= 11 is 1.55. The maximum absolute atomic E-state index is 12.2. The smallest absolute Gasteiger partial charge is 0.240 e. The van der Waals surface area contributed by atoms with Crippen LogP contribution in [-0.2, 0) is 16.4 Å². The normalized spacial score (nSPS) is 13.3. The number of nitrogens with one attached hydrogen (secondary N) is 1. The summed E-state index contributed by atoms with van der Waals surface area (Å²) in [5.41, 5.74) is 1.46. The lowest BCUT2D eigenvalue weighted by atomic mass is 10.1. The van der Waals surface area contributed by atoms with E-state index in [1.807, 2.05) is 12.3 Å². The third-order valence-corrected chi connectivity index (χ3v) is 5.27. The second-order valence-electron chi connectivity index (χ2n) is 4.75. The van der Waals surface area contributed by atoms with Crippen molar-refractivity contribution in [3.63, 3.8) is 0 Å². The van der Waals surface area contributed by atoms with Gasteiger partial charge in [0.05, 0.1) is 21.7 Å². The van der Waals surface area contributed by atoms with Gasteiger partial charge in [-0.1, -0.05) is 12.1 Å². The van der Waals surface area contributed by atoms with Crippen molar-refractivity contribution in [1.82, 2.24) is 9.71 Å². The van der Waals surface area contributed by atoms with Crippen LogP contribution in [0.25, 0.3) is 0 Å². The van der Waals surface area contributed by atoms with E-state index in [1.54, 1.807) is 30.4 Å². The maximum atomic E-state index is 12.2.